The summed E-state index contributed by atoms with van der Waals surface area (Å²) >= 11 is 0. The molecule has 0 spiro atoms. The maximum Gasteiger partial charge on any atom is 0.249 e. The first-order valence-electron chi connectivity index (χ1n) is 26.6. The number of hydrogen-bond acceptors (Lipinski definition) is 29. The number of amides is 10. The Morgan fingerprint density at radius 1 is 0.349 bits per heavy atom. The number of carbonyl (C=O) groups is 10. The van der Waals surface area contributed by atoms with Crippen LogP contribution in [0.3, 0.4) is 0 Å². The predicted molar refractivity (Wildman–Crippen MR) is 270 cm³/mol. The van der Waals surface area contributed by atoms with Gasteiger partial charge in [0.2, 0.25) is 59.6 Å². The Kier molecular flexibility index (Phi) is 23.2. The lowest BCUT2D eigenvalue weighted by Gasteiger charge is -2.51. The van der Waals surface area contributed by atoms with Gasteiger partial charge in [0, 0.05) is 34.6 Å². The van der Waals surface area contributed by atoms with E-state index in [0.29, 0.717) is 0 Å². The quantitative estimate of drug-likeness (QED) is 0.0475. The summed E-state index contributed by atoms with van der Waals surface area (Å²) in [6.07, 6.45) is -48.0. The van der Waals surface area contributed by atoms with E-state index in [1.807, 2.05) is 0 Å². The molecule has 0 aromatic heterocycles. The maximum absolute atomic E-state index is 13.4. The molecule has 0 aromatic rings. The van der Waals surface area contributed by atoms with E-state index in [9.17, 15) is 88.8 Å². The van der Waals surface area contributed by atoms with Gasteiger partial charge >= 0.3 is 0 Å². The molecule has 6 rings (SSSR count). The summed E-state index contributed by atoms with van der Waals surface area (Å²) in [5.74, 6) is -9.84. The number of nitrogens with two attached hydrogens (primary N) is 4. The number of hydrogen-bond donors (Lipinski definition) is 18. The van der Waals surface area contributed by atoms with Crippen molar-refractivity contribution in [1.82, 2.24) is 31.9 Å². The van der Waals surface area contributed by atoms with Crippen molar-refractivity contribution in [2.45, 2.75) is 232 Å². The Hall–Kier alpha value is -6.06. The van der Waals surface area contributed by atoms with Crippen LogP contribution in [0, 0.1) is 0 Å². The third kappa shape index (κ3) is 15.4. The van der Waals surface area contributed by atoms with E-state index < -0.39 is 237 Å². The van der Waals surface area contributed by atoms with Crippen LogP contribution >= 0.6 is 0 Å². The lowest BCUT2D eigenvalue weighted by Crippen LogP contribution is -2.73. The monoisotopic (exact) mass is 1240 g/mol. The van der Waals surface area contributed by atoms with Gasteiger partial charge in [0.05, 0.1) is 18.2 Å². The van der Waals surface area contributed by atoms with Crippen molar-refractivity contribution in [2.24, 2.45) is 22.9 Å². The van der Waals surface area contributed by atoms with E-state index >= 15 is 0 Å². The molecule has 6 aliphatic heterocycles. The van der Waals surface area contributed by atoms with Crippen LogP contribution in [-0.4, -0.2) is 284 Å². The summed E-state index contributed by atoms with van der Waals surface area (Å²) in [5.41, 5.74) is 22.4. The third-order valence-corrected chi connectivity index (χ3v) is 14.7. The Morgan fingerprint density at radius 2 is 0.663 bits per heavy atom. The van der Waals surface area contributed by atoms with Gasteiger partial charge in [-0.05, 0) is 13.8 Å². The summed E-state index contributed by atoms with van der Waals surface area (Å²) < 4.78 is 65.2. The van der Waals surface area contributed by atoms with E-state index in [1.165, 1.54) is 13.8 Å². The first kappa shape index (κ1) is 69.0. The molecule has 6 saturated heterocycles. The van der Waals surface area contributed by atoms with Gasteiger partial charge in [-0.2, -0.15) is 0 Å². The van der Waals surface area contributed by atoms with Crippen LogP contribution < -0.4 is 54.8 Å². The highest BCUT2D eigenvalue weighted by molar-refractivity contribution is 5.82. The van der Waals surface area contributed by atoms with Gasteiger partial charge in [0.15, 0.2) is 62.2 Å². The minimum atomic E-state index is -2.23. The van der Waals surface area contributed by atoms with Crippen molar-refractivity contribution in [1.29, 1.82) is 0 Å². The molecule has 0 aliphatic carbocycles. The molecule has 0 unspecified atom stereocenters. The topological polar surface area (TPSA) is 610 Å². The van der Waals surface area contributed by atoms with E-state index in [0.717, 1.165) is 34.6 Å². The van der Waals surface area contributed by atoms with Crippen molar-refractivity contribution in [3.63, 3.8) is 0 Å². The Morgan fingerprint density at radius 3 is 1.08 bits per heavy atom. The summed E-state index contributed by atoms with van der Waals surface area (Å²) in [7, 11) is 0. The van der Waals surface area contributed by atoms with Gasteiger partial charge in [-0.1, -0.05) is 0 Å². The lowest BCUT2D eigenvalue weighted by atomic mass is 9.92. The Labute approximate surface area is 486 Å². The second-order valence-corrected chi connectivity index (χ2v) is 21.1. The van der Waals surface area contributed by atoms with Crippen LogP contribution in [0.2, 0.25) is 0 Å². The van der Waals surface area contributed by atoms with E-state index in [2.05, 4.69) is 31.9 Å². The van der Waals surface area contributed by atoms with Crippen molar-refractivity contribution in [3.8, 4) is 0 Å². The summed E-state index contributed by atoms with van der Waals surface area (Å²) in [6, 6.07) is -10.5. The Bertz CT molecular complexity index is 2490. The molecular weight excluding hydrogens is 1170 g/mol. The standard InChI is InChI=1S/C47H74N10O29/c1-9-16(52-8-58)24(66)34(47(76-9)82-32-27(69)20(56-14(6)62)45(86-37(32)41(51)74)80-30-25(67)17(53-11(3)59)42(75)78-35(30)39(49)72)84-46-21(57-15(7)63)29(22(64)10(2)77-46)79-44-19(55-13(5)61)26(68)31(36(85-44)40(50)73)81-43-18(54-12(4)60)23(65)28(70)33(83-43)38(48)71/h8-10,16-37,42-47,64-70,75H,1-7H3,(H2,48,71)(H2,49,72)(H2,50,73)(H2,51,74)(H,52,58)(H,53,59)(H,54,60)(H,55,61)(H,56,62)(H,57,63)/t9-,10-,16-,17-,18-,19-,20-,21-,22-,23-,24+,25-,26-,27-,28-,29-,30-,31-,32-,33+,34-,35+,36+,37+,42+,43+,44+,45+,46+,47+/m1/s1. The smallest absolute Gasteiger partial charge is 0.249 e. The van der Waals surface area contributed by atoms with Crippen LogP contribution in [0.1, 0.15) is 48.5 Å². The number of ether oxygens (including phenoxy) is 11. The number of nitrogens with one attached hydrogen (secondary N) is 6. The minimum absolute atomic E-state index is 0.176. The molecule has 22 N–H and O–H groups in total. The second-order valence-electron chi connectivity index (χ2n) is 21.1. The summed E-state index contributed by atoms with van der Waals surface area (Å²) in [6.45, 7) is 7.51. The Balaban J connectivity index is 1.34. The highest BCUT2D eigenvalue weighted by Crippen LogP contribution is 2.37. The third-order valence-electron chi connectivity index (χ3n) is 14.7. The molecule has 0 saturated carbocycles. The first-order chi connectivity index (χ1) is 40.2. The molecule has 10 amide bonds. The predicted octanol–water partition coefficient (Wildman–Crippen LogP) is -13.6. The molecule has 0 radical (unpaired) electrons. The zero-order valence-corrected chi connectivity index (χ0v) is 46.9. The molecule has 486 valence electrons. The van der Waals surface area contributed by atoms with Gasteiger partial charge in [-0.3, -0.25) is 47.9 Å². The SMILES string of the molecule is CC(=O)N[C@@H]1[C@@H](O)[C@@H](O[C@H]2O[C@H](C(N)=O)[C@H](O[C@@H]3O[C@H](C)[C@@H](NC=O)[C@H](O)[C@H]3O[C@@H]3O[C@H](C)[C@@H](O)[C@H](O[C@H]4O[C@H](C(N)=O)[C@H](O[C@H]5O[C@H](C(N)=O)[C@H](O)[C@H](O)[C@H]5NC(C)=O)[C@H](O)[C@H]4NC(C)=O)[C@H]3NC(C)=O)[C@H](O)[C@H]2NC(C)=O)[C@@H](C(N)=O)O[C@@H]1O. The van der Waals surface area contributed by atoms with Gasteiger partial charge in [-0.15, -0.1) is 0 Å². The fourth-order valence-corrected chi connectivity index (χ4v) is 10.7. The van der Waals surface area contributed by atoms with Crippen molar-refractivity contribution < 1.29 is 141 Å². The lowest BCUT2D eigenvalue weighted by molar-refractivity contribution is -0.372. The maximum atomic E-state index is 13.4. The van der Waals surface area contributed by atoms with Crippen LogP contribution in [0.25, 0.3) is 0 Å². The molecular formula is C47H74N10O29. The molecule has 6 fully saturated rings. The number of carbonyl (C=O) groups excluding carboxylic acids is 10. The van der Waals surface area contributed by atoms with Crippen molar-refractivity contribution in [2.75, 3.05) is 0 Å². The minimum Gasteiger partial charge on any atom is -0.388 e. The largest absolute Gasteiger partial charge is 0.388 e. The summed E-state index contributed by atoms with van der Waals surface area (Å²) in [4.78, 5) is 126. The van der Waals surface area contributed by atoms with Crippen molar-refractivity contribution in [3.05, 3.63) is 0 Å². The average Bonchev–Trinajstić information content (AvgIpc) is 1.36. The van der Waals surface area contributed by atoms with Gasteiger partial charge < -0.3 is 148 Å². The van der Waals surface area contributed by atoms with Crippen LogP contribution in [0.5, 0.6) is 0 Å². The first-order valence-corrected chi connectivity index (χ1v) is 26.6. The van der Waals surface area contributed by atoms with Crippen molar-refractivity contribution >= 4 is 59.6 Å². The zero-order chi connectivity index (χ0) is 64.2. The molecule has 6 heterocycles. The fourth-order valence-electron chi connectivity index (χ4n) is 10.7. The molecule has 39 heteroatoms. The molecule has 0 aromatic carbocycles. The molecule has 86 heavy (non-hydrogen) atoms. The van der Waals surface area contributed by atoms with Gasteiger partial charge in [0.25, 0.3) is 0 Å². The fraction of sp³-hybridized carbons (Fsp3) is 0.787. The molecule has 30 atom stereocenters. The number of aliphatic hydroxyl groups excluding tert-OH is 8. The normalized spacial score (nSPS) is 43.4. The number of primary amides is 4. The molecule has 39 nitrogen and oxygen atoms in total. The van der Waals surface area contributed by atoms with E-state index in [1.54, 1.807) is 0 Å². The van der Waals surface area contributed by atoms with Crippen LogP contribution in [-0.2, 0) is 100 Å². The van der Waals surface area contributed by atoms with E-state index in [-0.39, 0.29) is 6.41 Å². The zero-order valence-electron chi connectivity index (χ0n) is 46.9. The van der Waals surface area contributed by atoms with Gasteiger partial charge in [0.1, 0.15) is 103 Å². The molecule has 0 bridgehead atoms. The average molecular weight is 1240 g/mol. The van der Waals surface area contributed by atoms with Gasteiger partial charge in [-0.25, -0.2) is 0 Å². The van der Waals surface area contributed by atoms with E-state index in [4.69, 9.17) is 75.0 Å². The molecule has 6 aliphatic rings. The van der Waals surface area contributed by atoms with Crippen LogP contribution in [0.15, 0.2) is 0 Å². The number of aliphatic hydroxyl groups is 8. The highest BCUT2D eigenvalue weighted by atomic mass is 16.8. The summed E-state index contributed by atoms with van der Waals surface area (Å²) in [5, 5.41) is 105. The number of rotatable bonds is 21. The second kappa shape index (κ2) is 28.8. The van der Waals surface area contributed by atoms with Crippen LogP contribution in [0.4, 0.5) is 0 Å². The highest BCUT2D eigenvalue weighted by Gasteiger charge is 2.60.